The van der Waals surface area contributed by atoms with Gasteiger partial charge >= 0.3 is 0 Å². The Morgan fingerprint density at radius 2 is 2.03 bits per heavy atom. The number of rotatable bonds is 7. The van der Waals surface area contributed by atoms with Crippen molar-refractivity contribution in [3.05, 3.63) is 59.6 Å². The fraction of sp³-hybridized carbons (Fsp3) is 0.385. The van der Waals surface area contributed by atoms with Crippen LogP contribution in [0.4, 0.5) is 4.39 Å². The van der Waals surface area contributed by atoms with Crippen LogP contribution in [0.15, 0.2) is 36.7 Å². The Bertz CT molecular complexity index is 1410. The number of hydrogen-bond donors (Lipinski definition) is 1. The molecule has 36 heavy (non-hydrogen) atoms. The lowest BCUT2D eigenvalue weighted by Crippen LogP contribution is -2.30. The van der Waals surface area contributed by atoms with Crippen LogP contribution >= 0.6 is 0 Å². The molecule has 1 aliphatic heterocycles. The highest BCUT2D eigenvalue weighted by molar-refractivity contribution is 5.68. The molecule has 1 aliphatic rings. The zero-order chi connectivity index (χ0) is 25.1. The molecule has 4 aromatic heterocycles. The maximum absolute atomic E-state index is 13.3. The Morgan fingerprint density at radius 1 is 1.19 bits per heavy atom. The minimum atomic E-state index is -0.490. The maximum atomic E-state index is 13.3. The van der Waals surface area contributed by atoms with Gasteiger partial charge in [-0.3, -0.25) is 9.38 Å². The van der Waals surface area contributed by atoms with Crippen LogP contribution in [0.2, 0.25) is 0 Å². The largest absolute Gasteiger partial charge is 0.475 e. The molecule has 1 atom stereocenters. The van der Waals surface area contributed by atoms with Gasteiger partial charge in [-0.25, -0.2) is 14.1 Å². The second-order valence-electron chi connectivity index (χ2n) is 8.68. The SMILES string of the molecule is CC#Cc1cnc2cc(-c3nnn(C4CCNCC4)c3C)cc(OCC(OC)c3ccc(F)cn3)n12. The van der Waals surface area contributed by atoms with Gasteiger partial charge in [-0.15, -0.1) is 5.10 Å². The molecule has 186 valence electrons. The van der Waals surface area contributed by atoms with E-state index in [4.69, 9.17) is 9.47 Å². The van der Waals surface area contributed by atoms with Crippen LogP contribution in [0.1, 0.15) is 49.0 Å². The molecule has 5 rings (SSSR count). The van der Waals surface area contributed by atoms with Crippen molar-refractivity contribution in [1.29, 1.82) is 0 Å². The monoisotopic (exact) mass is 489 g/mol. The van der Waals surface area contributed by atoms with Crippen molar-refractivity contribution in [1.82, 2.24) is 34.7 Å². The molecule has 0 spiro atoms. The lowest BCUT2D eigenvalue weighted by molar-refractivity contribution is 0.0524. The van der Waals surface area contributed by atoms with E-state index >= 15 is 0 Å². The van der Waals surface area contributed by atoms with Gasteiger partial charge in [-0.2, -0.15) is 0 Å². The van der Waals surface area contributed by atoms with E-state index in [1.807, 2.05) is 28.1 Å². The zero-order valence-electron chi connectivity index (χ0n) is 20.5. The van der Waals surface area contributed by atoms with E-state index in [0.29, 0.717) is 29.0 Å². The van der Waals surface area contributed by atoms with Gasteiger partial charge in [0.1, 0.15) is 35.6 Å². The van der Waals surface area contributed by atoms with Crippen LogP contribution in [0.3, 0.4) is 0 Å². The quantitative estimate of drug-likeness (QED) is 0.397. The van der Waals surface area contributed by atoms with E-state index in [9.17, 15) is 4.39 Å². The smallest absolute Gasteiger partial charge is 0.201 e. The lowest BCUT2D eigenvalue weighted by Gasteiger charge is -2.23. The van der Waals surface area contributed by atoms with E-state index in [0.717, 1.165) is 42.9 Å². The summed E-state index contributed by atoms with van der Waals surface area (Å²) in [5, 5.41) is 12.4. The van der Waals surface area contributed by atoms with Crippen molar-refractivity contribution in [2.45, 2.75) is 38.8 Å². The van der Waals surface area contributed by atoms with Crippen molar-refractivity contribution < 1.29 is 13.9 Å². The average Bonchev–Trinajstić information content (AvgIpc) is 3.49. The molecule has 0 aromatic carbocycles. The molecule has 4 aromatic rings. The van der Waals surface area contributed by atoms with E-state index in [-0.39, 0.29) is 6.61 Å². The number of imidazole rings is 1. The van der Waals surface area contributed by atoms with Crippen LogP contribution in [0.5, 0.6) is 5.88 Å². The normalized spacial score (nSPS) is 15.0. The first kappa shape index (κ1) is 23.9. The Labute approximate surface area is 208 Å². The fourth-order valence-corrected chi connectivity index (χ4v) is 4.56. The van der Waals surface area contributed by atoms with E-state index < -0.39 is 11.9 Å². The van der Waals surface area contributed by atoms with Crippen LogP contribution < -0.4 is 10.1 Å². The number of aromatic nitrogens is 6. The average molecular weight is 490 g/mol. The maximum Gasteiger partial charge on any atom is 0.201 e. The molecular formula is C26H28FN7O2. The Balaban J connectivity index is 1.51. The van der Waals surface area contributed by atoms with Crippen LogP contribution in [-0.2, 0) is 4.74 Å². The summed E-state index contributed by atoms with van der Waals surface area (Å²) in [6.07, 6.45) is 4.44. The van der Waals surface area contributed by atoms with Crippen molar-refractivity contribution in [3.63, 3.8) is 0 Å². The third-order valence-electron chi connectivity index (χ3n) is 6.43. The number of methoxy groups -OCH3 is 1. The summed E-state index contributed by atoms with van der Waals surface area (Å²) >= 11 is 0. The number of hydrogen-bond acceptors (Lipinski definition) is 7. The standard InChI is InChI=1S/C26H28FN7O2/c1-4-5-21-15-30-24-12-18(26-17(2)34(32-31-26)20-8-10-28-11-9-20)13-25(33(21)24)36-16-23(35-3)22-7-6-19(27)14-29-22/h6-7,12-15,20,23,28H,8-11,16H2,1-3H3. The fourth-order valence-electron chi connectivity index (χ4n) is 4.56. The second-order valence-corrected chi connectivity index (χ2v) is 8.68. The molecule has 0 aliphatic carbocycles. The summed E-state index contributed by atoms with van der Waals surface area (Å²) in [6.45, 7) is 5.93. The van der Waals surface area contributed by atoms with E-state index in [1.165, 1.54) is 12.3 Å². The summed E-state index contributed by atoms with van der Waals surface area (Å²) in [7, 11) is 1.57. The zero-order valence-corrected chi connectivity index (χ0v) is 20.5. The number of pyridine rings is 2. The summed E-state index contributed by atoms with van der Waals surface area (Å²) in [4.78, 5) is 8.70. The molecule has 0 saturated carbocycles. The number of halogens is 1. The van der Waals surface area contributed by atoms with Gasteiger partial charge < -0.3 is 14.8 Å². The van der Waals surface area contributed by atoms with Gasteiger partial charge in [0.25, 0.3) is 0 Å². The van der Waals surface area contributed by atoms with Gasteiger partial charge in [0, 0.05) is 18.7 Å². The third-order valence-corrected chi connectivity index (χ3v) is 6.43. The first-order valence-electron chi connectivity index (χ1n) is 11.9. The van der Waals surface area contributed by atoms with Gasteiger partial charge in [-0.05, 0) is 63.9 Å². The molecule has 1 N–H and O–H groups in total. The predicted octanol–water partition coefficient (Wildman–Crippen LogP) is 3.50. The highest BCUT2D eigenvalue weighted by Gasteiger charge is 2.22. The van der Waals surface area contributed by atoms with E-state index in [1.54, 1.807) is 26.3 Å². The van der Waals surface area contributed by atoms with Crippen molar-refractivity contribution in [2.75, 3.05) is 26.8 Å². The van der Waals surface area contributed by atoms with Crippen LogP contribution in [0, 0.1) is 24.6 Å². The van der Waals surface area contributed by atoms with Gasteiger partial charge in [0.15, 0.2) is 0 Å². The molecule has 0 radical (unpaired) electrons. The summed E-state index contributed by atoms with van der Waals surface area (Å²) < 4.78 is 29.1. The highest BCUT2D eigenvalue weighted by Crippen LogP contribution is 2.31. The number of piperidine rings is 1. The number of nitrogens with one attached hydrogen (secondary N) is 1. The number of fused-ring (bicyclic) bond motifs is 1. The summed E-state index contributed by atoms with van der Waals surface area (Å²) in [6, 6.07) is 7.16. The molecule has 9 nitrogen and oxygen atoms in total. The number of nitrogens with zero attached hydrogens (tertiary/aromatic N) is 6. The molecule has 0 amide bonds. The molecule has 1 unspecified atom stereocenters. The highest BCUT2D eigenvalue weighted by atomic mass is 19.1. The van der Waals surface area contributed by atoms with Crippen molar-refractivity contribution >= 4 is 5.65 Å². The van der Waals surface area contributed by atoms with E-state index in [2.05, 4.69) is 37.4 Å². The predicted molar refractivity (Wildman–Crippen MR) is 132 cm³/mol. The molecular weight excluding hydrogens is 461 g/mol. The summed E-state index contributed by atoms with van der Waals surface area (Å²) in [5.41, 5.74) is 4.61. The van der Waals surface area contributed by atoms with Crippen LogP contribution in [0.25, 0.3) is 16.9 Å². The molecule has 1 saturated heterocycles. The van der Waals surface area contributed by atoms with Crippen LogP contribution in [-0.4, -0.2) is 56.2 Å². The van der Waals surface area contributed by atoms with Crippen molar-refractivity contribution in [3.8, 4) is 29.0 Å². The van der Waals surface area contributed by atoms with Gasteiger partial charge in [-0.1, -0.05) is 11.1 Å². The Kier molecular flexibility index (Phi) is 6.93. The first-order chi connectivity index (χ1) is 17.6. The lowest BCUT2D eigenvalue weighted by atomic mass is 10.1. The molecule has 1 fully saturated rings. The minimum absolute atomic E-state index is 0.158. The summed E-state index contributed by atoms with van der Waals surface area (Å²) in [5.74, 6) is 6.13. The van der Waals surface area contributed by atoms with Gasteiger partial charge in [0.05, 0.1) is 29.8 Å². The second kappa shape index (κ2) is 10.4. The van der Waals surface area contributed by atoms with Gasteiger partial charge in [0.2, 0.25) is 5.88 Å². The molecule has 5 heterocycles. The molecule has 0 bridgehead atoms. The number of ether oxygens (including phenoxy) is 2. The topological polar surface area (TPSA) is 91.4 Å². The Morgan fingerprint density at radius 3 is 2.75 bits per heavy atom. The van der Waals surface area contributed by atoms with Crippen molar-refractivity contribution in [2.24, 2.45) is 0 Å². The molecule has 10 heteroatoms. The first-order valence-corrected chi connectivity index (χ1v) is 11.9. The minimum Gasteiger partial charge on any atom is -0.475 e. The third kappa shape index (κ3) is 4.67. The Hall–Kier alpha value is -3.81.